The number of para-hydroxylation sites is 1. The number of halogens is 2. The summed E-state index contributed by atoms with van der Waals surface area (Å²) in [6.07, 6.45) is 0.692. The van der Waals surface area contributed by atoms with Gasteiger partial charge >= 0.3 is 0 Å². The molecule has 0 spiro atoms. The van der Waals surface area contributed by atoms with Crippen LogP contribution >= 0.6 is 39.3 Å². The van der Waals surface area contributed by atoms with Gasteiger partial charge in [0, 0.05) is 37.2 Å². The monoisotopic (exact) mass is 546 g/mol. The van der Waals surface area contributed by atoms with Gasteiger partial charge in [0.15, 0.2) is 5.84 Å². The Labute approximate surface area is 216 Å². The third-order valence-electron chi connectivity index (χ3n) is 6.22. The highest BCUT2D eigenvalue weighted by Crippen LogP contribution is 2.56. The fraction of sp³-hybridized carbons (Fsp3) is 0.107. The van der Waals surface area contributed by atoms with Gasteiger partial charge in [-0.25, -0.2) is 0 Å². The van der Waals surface area contributed by atoms with Crippen LogP contribution in [0.25, 0.3) is 0 Å². The molecule has 0 aromatic heterocycles. The van der Waals surface area contributed by atoms with Crippen LogP contribution in [0.1, 0.15) is 28.4 Å². The molecule has 2 heterocycles. The Balaban J connectivity index is 1.58. The minimum absolute atomic E-state index is 0.113. The molecule has 2 atom stereocenters. The predicted molar refractivity (Wildman–Crippen MR) is 143 cm³/mol. The predicted octanol–water partition coefficient (Wildman–Crippen LogP) is 8.39. The number of amidine groups is 1. The third kappa shape index (κ3) is 3.72. The van der Waals surface area contributed by atoms with Crippen LogP contribution in [0.4, 0.5) is 5.69 Å². The van der Waals surface area contributed by atoms with Crippen LogP contribution in [0, 0.1) is 0 Å². The first-order valence-corrected chi connectivity index (χ1v) is 13.1. The molecular formula is C28H20BrClN2OS. The number of hydrogen-bond acceptors (Lipinski definition) is 4. The summed E-state index contributed by atoms with van der Waals surface area (Å²) in [5.74, 6) is 0.796. The second-order valence-corrected chi connectivity index (χ2v) is 10.9. The molecule has 0 amide bonds. The molecule has 2 aliphatic heterocycles. The van der Waals surface area contributed by atoms with E-state index in [1.165, 1.54) is 10.5 Å². The molecule has 3 nitrogen and oxygen atoms in total. The van der Waals surface area contributed by atoms with Crippen molar-refractivity contribution in [1.29, 1.82) is 0 Å². The molecular weight excluding hydrogens is 528 g/mol. The van der Waals surface area contributed by atoms with Gasteiger partial charge in [-0.1, -0.05) is 99.4 Å². The van der Waals surface area contributed by atoms with E-state index in [1.54, 1.807) is 0 Å². The highest BCUT2D eigenvalue weighted by atomic mass is 79.9. The van der Waals surface area contributed by atoms with E-state index in [9.17, 15) is 0 Å². The summed E-state index contributed by atoms with van der Waals surface area (Å²) in [5, 5.41) is 5.56. The minimum atomic E-state index is -0.800. The van der Waals surface area contributed by atoms with Gasteiger partial charge < -0.3 is 4.84 Å². The Morgan fingerprint density at radius 3 is 2.53 bits per heavy atom. The third-order valence-corrected chi connectivity index (χ3v) is 8.27. The van der Waals surface area contributed by atoms with E-state index < -0.39 is 5.72 Å². The lowest BCUT2D eigenvalue weighted by atomic mass is 9.92. The van der Waals surface area contributed by atoms with Gasteiger partial charge in [-0.05, 0) is 42.0 Å². The zero-order chi connectivity index (χ0) is 23.1. The van der Waals surface area contributed by atoms with Gasteiger partial charge in [-0.15, -0.1) is 11.8 Å². The van der Waals surface area contributed by atoms with E-state index in [2.05, 4.69) is 93.6 Å². The lowest BCUT2D eigenvalue weighted by Crippen LogP contribution is -2.47. The average Bonchev–Trinajstić information content (AvgIpc) is 3.17. The number of hydrogen-bond donors (Lipinski definition) is 0. The van der Waals surface area contributed by atoms with Crippen molar-refractivity contribution in [3.8, 4) is 0 Å². The van der Waals surface area contributed by atoms with Gasteiger partial charge in [0.25, 0.3) is 0 Å². The van der Waals surface area contributed by atoms with Crippen molar-refractivity contribution in [2.24, 2.45) is 5.16 Å². The topological polar surface area (TPSA) is 24.8 Å². The maximum absolute atomic E-state index is 6.51. The van der Waals surface area contributed by atoms with Gasteiger partial charge in [-0.2, -0.15) is 0 Å². The number of thioether (sulfide) groups is 1. The van der Waals surface area contributed by atoms with Crippen molar-refractivity contribution in [1.82, 2.24) is 0 Å². The normalized spacial score (nSPS) is 21.2. The van der Waals surface area contributed by atoms with E-state index in [-0.39, 0.29) is 5.25 Å². The molecule has 0 bridgehead atoms. The quantitative estimate of drug-likeness (QED) is 0.257. The summed E-state index contributed by atoms with van der Waals surface area (Å²) in [4.78, 5) is 9.96. The van der Waals surface area contributed by atoms with Crippen LogP contribution in [0.2, 0.25) is 5.02 Å². The van der Waals surface area contributed by atoms with E-state index >= 15 is 0 Å². The maximum Gasteiger partial charge on any atom is 0.242 e. The first-order valence-electron chi connectivity index (χ1n) is 11.0. The molecule has 0 aliphatic carbocycles. The molecule has 2 unspecified atom stereocenters. The van der Waals surface area contributed by atoms with Crippen molar-refractivity contribution in [2.45, 2.75) is 22.3 Å². The second kappa shape index (κ2) is 8.81. The van der Waals surface area contributed by atoms with Gasteiger partial charge in [-0.3, -0.25) is 4.90 Å². The van der Waals surface area contributed by atoms with Crippen molar-refractivity contribution in [3.63, 3.8) is 0 Å². The molecule has 34 heavy (non-hydrogen) atoms. The maximum atomic E-state index is 6.51. The Morgan fingerprint density at radius 2 is 1.71 bits per heavy atom. The molecule has 0 radical (unpaired) electrons. The van der Waals surface area contributed by atoms with Gasteiger partial charge in [0.2, 0.25) is 5.72 Å². The van der Waals surface area contributed by atoms with E-state index in [1.807, 2.05) is 42.1 Å². The first kappa shape index (κ1) is 21.8. The largest absolute Gasteiger partial charge is 0.360 e. The van der Waals surface area contributed by atoms with E-state index in [0.29, 0.717) is 6.42 Å². The molecule has 0 saturated heterocycles. The number of oxime groups is 1. The minimum Gasteiger partial charge on any atom is -0.360 e. The molecule has 0 fully saturated rings. The lowest BCUT2D eigenvalue weighted by molar-refractivity contribution is -0.0283. The van der Waals surface area contributed by atoms with E-state index in [0.717, 1.165) is 32.1 Å². The van der Waals surface area contributed by atoms with Gasteiger partial charge in [0.05, 0.1) is 5.69 Å². The summed E-state index contributed by atoms with van der Waals surface area (Å²) < 4.78 is 0.999. The fourth-order valence-corrected chi connectivity index (χ4v) is 6.63. The smallest absolute Gasteiger partial charge is 0.242 e. The number of rotatable bonds is 3. The molecule has 6 heteroatoms. The zero-order valence-electron chi connectivity index (χ0n) is 18.1. The van der Waals surface area contributed by atoms with Crippen LogP contribution in [0.5, 0.6) is 0 Å². The van der Waals surface area contributed by atoms with Crippen molar-refractivity contribution < 1.29 is 4.84 Å². The van der Waals surface area contributed by atoms with Gasteiger partial charge in [0.1, 0.15) is 0 Å². The Bertz CT molecular complexity index is 1400. The number of nitrogens with zero attached hydrogens (tertiary/aromatic N) is 2. The number of anilines is 1. The summed E-state index contributed by atoms with van der Waals surface area (Å²) in [6, 6.07) is 35.2. The lowest BCUT2D eigenvalue weighted by Gasteiger charge is -2.37. The molecule has 4 aromatic rings. The standard InChI is InChI=1S/C28H20BrClN2OS/c29-22-12-6-9-20(16-22)27-31-33-28(21-10-2-1-3-11-21)18-26(19-8-7-13-23(30)17-19)34-25-15-5-4-14-24(25)32(27)28/h1-17,26H,18H2. The van der Waals surface area contributed by atoms with Crippen molar-refractivity contribution in [3.05, 3.63) is 129 Å². The summed E-state index contributed by atoms with van der Waals surface area (Å²) >= 11 is 11.9. The first-order chi connectivity index (χ1) is 16.6. The second-order valence-electron chi connectivity index (χ2n) is 8.34. The zero-order valence-corrected chi connectivity index (χ0v) is 21.2. The SMILES string of the molecule is Clc1cccc(C2CC3(c4ccccc4)ON=C(c4cccc(Br)c4)N3c3ccccc3S2)c1. The van der Waals surface area contributed by atoms with Crippen LogP contribution < -0.4 is 4.90 Å². The molecule has 0 saturated carbocycles. The summed E-state index contributed by atoms with van der Waals surface area (Å²) in [6.45, 7) is 0. The van der Waals surface area contributed by atoms with Crippen molar-refractivity contribution >= 4 is 50.8 Å². The van der Waals surface area contributed by atoms with Crippen LogP contribution in [0.15, 0.2) is 118 Å². The molecule has 168 valence electrons. The highest BCUT2D eigenvalue weighted by Gasteiger charge is 2.52. The van der Waals surface area contributed by atoms with Crippen LogP contribution in [0.3, 0.4) is 0 Å². The summed E-state index contributed by atoms with van der Waals surface area (Å²) in [7, 11) is 0. The molecule has 4 aromatic carbocycles. The summed E-state index contributed by atoms with van der Waals surface area (Å²) in [5.41, 5.74) is 3.51. The van der Waals surface area contributed by atoms with Crippen LogP contribution in [-0.4, -0.2) is 5.84 Å². The molecule has 6 rings (SSSR count). The Hall–Kier alpha value is -2.73. The number of fused-ring (bicyclic) bond motifs is 3. The Kier molecular flexibility index (Phi) is 5.64. The Morgan fingerprint density at radius 1 is 0.912 bits per heavy atom. The molecule has 0 N–H and O–H groups in total. The highest BCUT2D eigenvalue weighted by molar-refractivity contribution is 9.10. The van der Waals surface area contributed by atoms with E-state index in [4.69, 9.17) is 21.6 Å². The average molecular weight is 548 g/mol. The fourth-order valence-electron chi connectivity index (χ4n) is 4.70. The van der Waals surface area contributed by atoms with Crippen molar-refractivity contribution in [2.75, 3.05) is 4.90 Å². The number of benzene rings is 4. The van der Waals surface area contributed by atoms with Crippen LogP contribution in [-0.2, 0) is 10.6 Å². The molecule has 2 aliphatic rings.